The summed E-state index contributed by atoms with van der Waals surface area (Å²) in [6.07, 6.45) is 3.64. The summed E-state index contributed by atoms with van der Waals surface area (Å²) < 4.78 is 11.8. The van der Waals surface area contributed by atoms with Crippen molar-refractivity contribution in [1.82, 2.24) is 10.3 Å². The van der Waals surface area contributed by atoms with E-state index in [0.29, 0.717) is 13.2 Å². The quantitative estimate of drug-likeness (QED) is 0.587. The van der Waals surface area contributed by atoms with E-state index in [9.17, 15) is 0 Å². The number of nitrogens with zero attached hydrogens (tertiary/aromatic N) is 1. The van der Waals surface area contributed by atoms with Crippen LogP contribution in [0.25, 0.3) is 0 Å². The fourth-order valence-electron chi connectivity index (χ4n) is 2.83. The van der Waals surface area contributed by atoms with Gasteiger partial charge in [-0.05, 0) is 54.8 Å². The maximum absolute atomic E-state index is 5.97. The van der Waals surface area contributed by atoms with Crippen LogP contribution in [0, 0.1) is 0 Å². The first kappa shape index (κ1) is 18.9. The summed E-state index contributed by atoms with van der Waals surface area (Å²) >= 11 is 0. The van der Waals surface area contributed by atoms with Crippen molar-refractivity contribution in [2.75, 3.05) is 6.61 Å². The third-order valence-corrected chi connectivity index (χ3v) is 4.36. The fraction of sp³-hybridized carbons (Fsp3) is 0.261. The van der Waals surface area contributed by atoms with Gasteiger partial charge in [0.1, 0.15) is 6.61 Å². The number of benzene rings is 2. The molecule has 0 bridgehead atoms. The van der Waals surface area contributed by atoms with Gasteiger partial charge >= 0.3 is 0 Å². The van der Waals surface area contributed by atoms with E-state index in [0.717, 1.165) is 29.2 Å². The van der Waals surface area contributed by atoms with Crippen molar-refractivity contribution in [2.45, 2.75) is 33.0 Å². The molecule has 0 aliphatic heterocycles. The molecule has 1 N–H and O–H groups in total. The van der Waals surface area contributed by atoms with Gasteiger partial charge < -0.3 is 14.8 Å². The Morgan fingerprint density at radius 1 is 0.889 bits per heavy atom. The van der Waals surface area contributed by atoms with Crippen LogP contribution in [0.2, 0.25) is 0 Å². The minimum atomic E-state index is 0.248. The third-order valence-electron chi connectivity index (χ3n) is 4.36. The lowest BCUT2D eigenvalue weighted by Crippen LogP contribution is -2.18. The van der Waals surface area contributed by atoms with Gasteiger partial charge in [-0.2, -0.15) is 0 Å². The minimum absolute atomic E-state index is 0.248. The van der Waals surface area contributed by atoms with Crippen molar-refractivity contribution in [2.24, 2.45) is 0 Å². The van der Waals surface area contributed by atoms with Crippen LogP contribution in [0.5, 0.6) is 11.5 Å². The molecule has 1 aromatic heterocycles. The highest BCUT2D eigenvalue weighted by molar-refractivity contribution is 5.43. The Morgan fingerprint density at radius 2 is 1.67 bits per heavy atom. The highest BCUT2D eigenvalue weighted by atomic mass is 16.5. The van der Waals surface area contributed by atoms with Crippen LogP contribution in [0.3, 0.4) is 0 Å². The van der Waals surface area contributed by atoms with Crippen molar-refractivity contribution in [3.05, 3.63) is 89.7 Å². The Bertz CT molecular complexity index is 822. The molecule has 0 spiro atoms. The molecule has 0 aliphatic carbocycles. The van der Waals surface area contributed by atoms with Crippen molar-refractivity contribution in [1.29, 1.82) is 0 Å². The first-order valence-corrected chi connectivity index (χ1v) is 9.32. The third kappa shape index (κ3) is 5.56. The number of aromatic nitrogens is 1. The maximum Gasteiger partial charge on any atom is 0.161 e. The van der Waals surface area contributed by atoms with E-state index in [-0.39, 0.29) is 6.04 Å². The SMILES string of the molecule is CCOc1cc(CN[C@H](C)c2ccncc2)ccc1OCc1ccccc1. The van der Waals surface area contributed by atoms with Crippen LogP contribution >= 0.6 is 0 Å². The zero-order valence-corrected chi connectivity index (χ0v) is 15.9. The molecule has 27 heavy (non-hydrogen) atoms. The zero-order valence-electron chi connectivity index (χ0n) is 15.9. The Morgan fingerprint density at radius 3 is 2.41 bits per heavy atom. The Hall–Kier alpha value is -2.85. The van der Waals surface area contributed by atoms with Crippen molar-refractivity contribution in [3.8, 4) is 11.5 Å². The average Bonchev–Trinajstić information content (AvgIpc) is 2.73. The van der Waals surface area contributed by atoms with Gasteiger partial charge in [0.2, 0.25) is 0 Å². The van der Waals surface area contributed by atoms with E-state index in [4.69, 9.17) is 9.47 Å². The number of hydrogen-bond acceptors (Lipinski definition) is 4. The van der Waals surface area contributed by atoms with Crippen molar-refractivity contribution < 1.29 is 9.47 Å². The Balaban J connectivity index is 1.64. The highest BCUT2D eigenvalue weighted by Crippen LogP contribution is 2.29. The molecule has 0 saturated heterocycles. The monoisotopic (exact) mass is 362 g/mol. The van der Waals surface area contributed by atoms with Gasteiger partial charge in [0, 0.05) is 25.0 Å². The van der Waals surface area contributed by atoms with E-state index < -0.39 is 0 Å². The lowest BCUT2D eigenvalue weighted by atomic mass is 10.1. The summed E-state index contributed by atoms with van der Waals surface area (Å²) in [4.78, 5) is 4.07. The number of ether oxygens (including phenoxy) is 2. The second-order valence-electron chi connectivity index (χ2n) is 6.37. The maximum atomic E-state index is 5.97. The smallest absolute Gasteiger partial charge is 0.161 e. The van der Waals surface area contributed by atoms with Crippen molar-refractivity contribution in [3.63, 3.8) is 0 Å². The van der Waals surface area contributed by atoms with Gasteiger partial charge in [-0.15, -0.1) is 0 Å². The van der Waals surface area contributed by atoms with Crippen LogP contribution in [0.15, 0.2) is 73.1 Å². The minimum Gasteiger partial charge on any atom is -0.490 e. The summed E-state index contributed by atoms with van der Waals surface area (Å²) in [7, 11) is 0. The second-order valence-corrected chi connectivity index (χ2v) is 6.37. The molecule has 0 unspecified atom stereocenters. The molecular weight excluding hydrogens is 336 g/mol. The van der Waals surface area contributed by atoms with Gasteiger partial charge in [-0.3, -0.25) is 4.98 Å². The average molecular weight is 362 g/mol. The van der Waals surface area contributed by atoms with Gasteiger partial charge in [-0.25, -0.2) is 0 Å². The fourth-order valence-corrected chi connectivity index (χ4v) is 2.83. The predicted molar refractivity (Wildman–Crippen MR) is 108 cm³/mol. The molecule has 0 amide bonds. The molecular formula is C23H26N2O2. The van der Waals surface area contributed by atoms with Crippen molar-refractivity contribution >= 4 is 0 Å². The van der Waals surface area contributed by atoms with Crippen LogP contribution in [0.4, 0.5) is 0 Å². The summed E-state index contributed by atoms with van der Waals surface area (Å²) in [5.41, 5.74) is 3.51. The van der Waals surface area contributed by atoms with E-state index in [1.807, 2.05) is 55.7 Å². The molecule has 0 fully saturated rings. The van der Waals surface area contributed by atoms with Gasteiger partial charge in [0.15, 0.2) is 11.5 Å². The first-order chi connectivity index (χ1) is 13.3. The molecule has 3 rings (SSSR count). The van der Waals surface area contributed by atoms with E-state index in [2.05, 4.69) is 41.5 Å². The predicted octanol–water partition coefficient (Wildman–Crippen LogP) is 4.91. The van der Waals surface area contributed by atoms with Crippen LogP contribution < -0.4 is 14.8 Å². The summed E-state index contributed by atoms with van der Waals surface area (Å²) in [6, 6.07) is 20.6. The zero-order chi connectivity index (χ0) is 18.9. The molecule has 1 atom stereocenters. The number of hydrogen-bond donors (Lipinski definition) is 1. The summed E-state index contributed by atoms with van der Waals surface area (Å²) in [5, 5.41) is 3.54. The Kier molecular flexibility index (Phi) is 6.83. The second kappa shape index (κ2) is 9.74. The van der Waals surface area contributed by atoms with Crippen LogP contribution in [-0.2, 0) is 13.2 Å². The lowest BCUT2D eigenvalue weighted by molar-refractivity contribution is 0.269. The van der Waals surface area contributed by atoms with Gasteiger partial charge in [0.05, 0.1) is 6.61 Å². The Labute approximate surface area is 161 Å². The molecule has 3 aromatic rings. The summed E-state index contributed by atoms with van der Waals surface area (Å²) in [5.74, 6) is 1.55. The van der Waals surface area contributed by atoms with Crippen LogP contribution in [0.1, 0.15) is 36.6 Å². The molecule has 4 nitrogen and oxygen atoms in total. The van der Waals surface area contributed by atoms with Crippen LogP contribution in [-0.4, -0.2) is 11.6 Å². The van der Waals surface area contributed by atoms with E-state index in [1.165, 1.54) is 5.56 Å². The van der Waals surface area contributed by atoms with E-state index >= 15 is 0 Å². The molecule has 140 valence electrons. The van der Waals surface area contributed by atoms with Gasteiger partial charge in [0.25, 0.3) is 0 Å². The highest BCUT2D eigenvalue weighted by Gasteiger charge is 2.09. The van der Waals surface area contributed by atoms with E-state index in [1.54, 1.807) is 0 Å². The first-order valence-electron chi connectivity index (χ1n) is 9.32. The molecule has 0 saturated carbocycles. The molecule has 2 aromatic carbocycles. The molecule has 4 heteroatoms. The topological polar surface area (TPSA) is 43.4 Å². The molecule has 1 heterocycles. The lowest BCUT2D eigenvalue weighted by Gasteiger charge is -2.16. The standard InChI is InChI=1S/C23H26N2O2/c1-3-26-23-15-20(16-25-18(2)21-11-13-24-14-12-21)9-10-22(23)27-17-19-7-5-4-6-8-19/h4-15,18,25H,3,16-17H2,1-2H3/t18-/m1/s1. The largest absolute Gasteiger partial charge is 0.490 e. The van der Waals surface area contributed by atoms with Gasteiger partial charge in [-0.1, -0.05) is 36.4 Å². The normalized spacial score (nSPS) is 11.8. The summed E-state index contributed by atoms with van der Waals surface area (Å²) in [6.45, 7) is 6.01. The number of nitrogens with one attached hydrogen (secondary N) is 1. The molecule has 0 aliphatic rings. The number of pyridine rings is 1. The molecule has 0 radical (unpaired) electrons. The number of rotatable bonds is 9.